The van der Waals surface area contributed by atoms with Crippen LogP contribution in [0.2, 0.25) is 0 Å². The topological polar surface area (TPSA) is 88.0 Å². The molecule has 0 fully saturated rings. The molecule has 0 saturated carbocycles. The monoisotopic (exact) mass is 313 g/mol. The van der Waals surface area contributed by atoms with Gasteiger partial charge in [0.1, 0.15) is 4.90 Å². The molecule has 110 valence electrons. The van der Waals surface area contributed by atoms with Gasteiger partial charge >= 0.3 is 0 Å². The van der Waals surface area contributed by atoms with Crippen LogP contribution in [0.5, 0.6) is 0 Å². The number of thioether (sulfide) groups is 1. The van der Waals surface area contributed by atoms with Crippen LogP contribution in [0.1, 0.15) is 13.3 Å². The summed E-state index contributed by atoms with van der Waals surface area (Å²) >= 11 is 1.72. The average molecular weight is 313 g/mol. The van der Waals surface area contributed by atoms with Gasteiger partial charge in [0.15, 0.2) is 0 Å². The van der Waals surface area contributed by atoms with Crippen LogP contribution in [0, 0.1) is 0 Å². The average Bonchev–Trinajstić information content (AvgIpc) is 2.81. The van der Waals surface area contributed by atoms with Crippen molar-refractivity contribution < 1.29 is 8.42 Å². The number of nitrogens with one attached hydrogen (secondary N) is 2. The summed E-state index contributed by atoms with van der Waals surface area (Å²) in [5.41, 5.74) is 7.01. The van der Waals surface area contributed by atoms with Crippen molar-refractivity contribution in [3.63, 3.8) is 0 Å². The molecular formula is C13H19N3O2S2. The number of nitrogens with two attached hydrogens (primary N) is 1. The van der Waals surface area contributed by atoms with Gasteiger partial charge in [-0.15, -0.1) is 0 Å². The highest BCUT2D eigenvalue weighted by Crippen LogP contribution is 2.24. The van der Waals surface area contributed by atoms with Crippen molar-refractivity contribution in [3.8, 4) is 0 Å². The minimum absolute atomic E-state index is 0.268. The highest BCUT2D eigenvalue weighted by atomic mass is 32.2. The van der Waals surface area contributed by atoms with Crippen LogP contribution in [0.25, 0.3) is 10.9 Å². The number of nitrogen functional groups attached to an aromatic ring is 1. The van der Waals surface area contributed by atoms with E-state index in [0.29, 0.717) is 22.9 Å². The van der Waals surface area contributed by atoms with Crippen molar-refractivity contribution >= 4 is 38.4 Å². The zero-order valence-corrected chi connectivity index (χ0v) is 13.1. The minimum Gasteiger partial charge on any atom is -0.399 e. The molecule has 2 rings (SSSR count). The van der Waals surface area contributed by atoms with Crippen LogP contribution in [-0.2, 0) is 10.0 Å². The van der Waals surface area contributed by atoms with Crippen molar-refractivity contribution in [2.45, 2.75) is 23.5 Å². The van der Waals surface area contributed by atoms with Crippen molar-refractivity contribution in [3.05, 3.63) is 24.4 Å². The molecule has 0 aliphatic carbocycles. The SMILES string of the molecule is CSC(C)CCNS(=O)(=O)c1c[nH]c2cc(N)ccc12. The van der Waals surface area contributed by atoms with Gasteiger partial charge in [0.05, 0.1) is 0 Å². The summed E-state index contributed by atoms with van der Waals surface area (Å²) in [6, 6.07) is 5.15. The number of hydrogen-bond donors (Lipinski definition) is 3. The van der Waals surface area contributed by atoms with Crippen LogP contribution in [-0.4, -0.2) is 31.5 Å². The maximum atomic E-state index is 12.3. The number of H-pyrrole nitrogens is 1. The lowest BCUT2D eigenvalue weighted by molar-refractivity contribution is 0.580. The van der Waals surface area contributed by atoms with Gasteiger partial charge < -0.3 is 10.7 Å². The molecule has 2 aromatic rings. The summed E-state index contributed by atoms with van der Waals surface area (Å²) in [7, 11) is -3.49. The first-order valence-electron chi connectivity index (χ1n) is 6.33. The Kier molecular flexibility index (Phi) is 4.62. The van der Waals surface area contributed by atoms with Gasteiger partial charge in [-0.1, -0.05) is 6.92 Å². The van der Waals surface area contributed by atoms with Gasteiger partial charge in [-0.05, 0) is 30.9 Å². The second-order valence-corrected chi connectivity index (χ2v) is 7.70. The lowest BCUT2D eigenvalue weighted by Gasteiger charge is -2.09. The summed E-state index contributed by atoms with van der Waals surface area (Å²) < 4.78 is 27.2. The van der Waals surface area contributed by atoms with E-state index >= 15 is 0 Å². The Balaban J connectivity index is 2.19. The van der Waals surface area contributed by atoms with Crippen molar-refractivity contribution in [2.75, 3.05) is 18.5 Å². The van der Waals surface area contributed by atoms with Crippen LogP contribution in [0.4, 0.5) is 5.69 Å². The molecule has 0 amide bonds. The van der Waals surface area contributed by atoms with E-state index < -0.39 is 10.0 Å². The third-order valence-corrected chi connectivity index (χ3v) is 5.74. The summed E-state index contributed by atoms with van der Waals surface area (Å²) in [5.74, 6) is 0. The van der Waals surface area contributed by atoms with E-state index in [9.17, 15) is 8.42 Å². The zero-order valence-electron chi connectivity index (χ0n) is 11.5. The molecule has 1 aromatic heterocycles. The van der Waals surface area contributed by atoms with Gasteiger partial charge in [-0.2, -0.15) is 11.8 Å². The van der Waals surface area contributed by atoms with E-state index in [1.807, 2.05) is 6.26 Å². The first-order valence-corrected chi connectivity index (χ1v) is 9.10. The second kappa shape index (κ2) is 6.07. The first kappa shape index (κ1) is 15.2. The molecule has 1 atom stereocenters. The minimum atomic E-state index is -3.49. The number of anilines is 1. The van der Waals surface area contributed by atoms with Crippen LogP contribution < -0.4 is 10.5 Å². The molecule has 20 heavy (non-hydrogen) atoms. The lowest BCUT2D eigenvalue weighted by Crippen LogP contribution is -2.26. The maximum absolute atomic E-state index is 12.3. The molecule has 4 N–H and O–H groups in total. The van der Waals surface area contributed by atoms with Gasteiger partial charge in [0.2, 0.25) is 10.0 Å². The third kappa shape index (κ3) is 3.28. The Morgan fingerprint density at radius 3 is 2.90 bits per heavy atom. The Morgan fingerprint density at radius 1 is 1.45 bits per heavy atom. The quantitative estimate of drug-likeness (QED) is 0.713. The molecular weight excluding hydrogens is 294 g/mol. The summed E-state index contributed by atoms with van der Waals surface area (Å²) in [5, 5.41) is 1.09. The molecule has 0 radical (unpaired) electrons. The Bertz CT molecular complexity index is 695. The molecule has 0 saturated heterocycles. The van der Waals surface area contributed by atoms with Gasteiger partial charge in [0.25, 0.3) is 0 Å². The predicted molar refractivity (Wildman–Crippen MR) is 85.5 cm³/mol. The fourth-order valence-electron chi connectivity index (χ4n) is 1.93. The largest absolute Gasteiger partial charge is 0.399 e. The fraction of sp³-hybridized carbons (Fsp3) is 0.385. The molecule has 0 spiro atoms. The highest BCUT2D eigenvalue weighted by molar-refractivity contribution is 7.99. The van der Waals surface area contributed by atoms with Gasteiger partial charge in [-0.25, -0.2) is 13.1 Å². The molecule has 0 bridgehead atoms. The molecule has 1 unspecified atom stereocenters. The van der Waals surface area contributed by atoms with E-state index in [1.165, 1.54) is 6.20 Å². The Hall–Kier alpha value is -1.18. The number of aromatic nitrogens is 1. The molecule has 1 aromatic carbocycles. The Morgan fingerprint density at radius 2 is 2.20 bits per heavy atom. The number of rotatable bonds is 6. The standard InChI is InChI=1S/C13H19N3O2S2/c1-9(19-2)5-6-16-20(17,18)13-8-15-12-7-10(14)3-4-11(12)13/h3-4,7-9,15-16H,5-6,14H2,1-2H3. The number of fused-ring (bicyclic) bond motifs is 1. The highest BCUT2D eigenvalue weighted by Gasteiger charge is 2.18. The summed E-state index contributed by atoms with van der Waals surface area (Å²) in [6.45, 7) is 2.51. The molecule has 5 nitrogen and oxygen atoms in total. The van der Waals surface area contributed by atoms with Crippen LogP contribution in [0.15, 0.2) is 29.3 Å². The first-order chi connectivity index (χ1) is 9.44. The van der Waals surface area contributed by atoms with Crippen molar-refractivity contribution in [1.82, 2.24) is 9.71 Å². The van der Waals surface area contributed by atoms with Crippen molar-refractivity contribution in [2.24, 2.45) is 0 Å². The van der Waals surface area contributed by atoms with Gasteiger partial charge in [-0.3, -0.25) is 0 Å². The van der Waals surface area contributed by atoms with E-state index in [-0.39, 0.29) is 4.90 Å². The number of sulfonamides is 1. The zero-order chi connectivity index (χ0) is 14.8. The Labute approximate surface area is 123 Å². The summed E-state index contributed by atoms with van der Waals surface area (Å²) in [6.07, 6.45) is 4.32. The predicted octanol–water partition coefficient (Wildman–Crippen LogP) is 2.17. The molecule has 1 heterocycles. The van der Waals surface area contributed by atoms with E-state index in [2.05, 4.69) is 16.6 Å². The fourth-order valence-corrected chi connectivity index (χ4v) is 3.51. The third-order valence-electron chi connectivity index (χ3n) is 3.20. The number of aromatic amines is 1. The number of hydrogen-bond acceptors (Lipinski definition) is 4. The second-order valence-electron chi connectivity index (χ2n) is 4.69. The lowest BCUT2D eigenvalue weighted by atomic mass is 10.2. The smallest absolute Gasteiger partial charge is 0.242 e. The van der Waals surface area contributed by atoms with Crippen LogP contribution in [0.3, 0.4) is 0 Å². The van der Waals surface area contributed by atoms with E-state index in [0.717, 1.165) is 11.9 Å². The molecule has 0 aliphatic rings. The van der Waals surface area contributed by atoms with Crippen LogP contribution >= 0.6 is 11.8 Å². The van der Waals surface area contributed by atoms with E-state index in [1.54, 1.807) is 30.0 Å². The van der Waals surface area contributed by atoms with E-state index in [4.69, 9.17) is 5.73 Å². The normalized spacial score (nSPS) is 13.7. The number of benzene rings is 1. The molecule has 7 heteroatoms. The molecule has 0 aliphatic heterocycles. The van der Waals surface area contributed by atoms with Crippen molar-refractivity contribution in [1.29, 1.82) is 0 Å². The summed E-state index contributed by atoms with van der Waals surface area (Å²) in [4.78, 5) is 3.21. The maximum Gasteiger partial charge on any atom is 0.242 e. The van der Waals surface area contributed by atoms with Gasteiger partial charge in [0, 0.05) is 34.6 Å².